The summed E-state index contributed by atoms with van der Waals surface area (Å²) < 4.78 is 0. The SMILES string of the molecule is CCCC(O)/C=C/CCO. The van der Waals surface area contributed by atoms with Gasteiger partial charge in [0.2, 0.25) is 0 Å². The first kappa shape index (κ1) is 9.66. The first-order valence-corrected chi connectivity index (χ1v) is 3.76. The van der Waals surface area contributed by atoms with Gasteiger partial charge in [-0.25, -0.2) is 0 Å². The van der Waals surface area contributed by atoms with Crippen LogP contribution in [0.15, 0.2) is 12.2 Å². The maximum absolute atomic E-state index is 9.11. The minimum atomic E-state index is -0.323. The quantitative estimate of drug-likeness (QED) is 0.567. The van der Waals surface area contributed by atoms with Crippen molar-refractivity contribution in [2.45, 2.75) is 32.3 Å². The van der Waals surface area contributed by atoms with Gasteiger partial charge >= 0.3 is 0 Å². The predicted octanol–water partition coefficient (Wildman–Crippen LogP) is 1.09. The smallest absolute Gasteiger partial charge is 0.0720 e. The third-order valence-corrected chi connectivity index (χ3v) is 1.24. The van der Waals surface area contributed by atoms with Crippen molar-refractivity contribution in [1.82, 2.24) is 0 Å². The molecule has 0 aliphatic rings. The summed E-state index contributed by atoms with van der Waals surface area (Å²) in [7, 11) is 0. The Morgan fingerprint density at radius 3 is 2.70 bits per heavy atom. The fourth-order valence-electron chi connectivity index (χ4n) is 0.720. The Bertz CT molecular complexity index is 89.3. The number of rotatable bonds is 5. The van der Waals surface area contributed by atoms with Crippen LogP contribution in [0.5, 0.6) is 0 Å². The number of aliphatic hydroxyl groups is 2. The molecule has 0 radical (unpaired) electrons. The van der Waals surface area contributed by atoms with Crippen LogP contribution >= 0.6 is 0 Å². The Morgan fingerprint density at radius 2 is 2.20 bits per heavy atom. The molecule has 2 N–H and O–H groups in total. The van der Waals surface area contributed by atoms with Crippen molar-refractivity contribution in [3.05, 3.63) is 12.2 Å². The second-order valence-corrected chi connectivity index (χ2v) is 2.30. The first-order valence-electron chi connectivity index (χ1n) is 3.76. The lowest BCUT2D eigenvalue weighted by Gasteiger charge is -2.00. The van der Waals surface area contributed by atoms with Crippen LogP contribution in [-0.4, -0.2) is 22.9 Å². The molecule has 0 spiro atoms. The van der Waals surface area contributed by atoms with Crippen molar-refractivity contribution in [3.8, 4) is 0 Å². The van der Waals surface area contributed by atoms with Crippen LogP contribution in [0.25, 0.3) is 0 Å². The lowest BCUT2D eigenvalue weighted by atomic mass is 10.2. The topological polar surface area (TPSA) is 40.5 Å². The van der Waals surface area contributed by atoms with E-state index in [0.29, 0.717) is 6.42 Å². The molecule has 0 saturated carbocycles. The van der Waals surface area contributed by atoms with Gasteiger partial charge in [0.1, 0.15) is 0 Å². The van der Waals surface area contributed by atoms with E-state index in [-0.39, 0.29) is 12.7 Å². The average molecular weight is 144 g/mol. The van der Waals surface area contributed by atoms with Crippen LogP contribution in [-0.2, 0) is 0 Å². The summed E-state index contributed by atoms with van der Waals surface area (Å²) in [5.41, 5.74) is 0. The van der Waals surface area contributed by atoms with E-state index >= 15 is 0 Å². The van der Waals surface area contributed by atoms with Gasteiger partial charge in [-0.15, -0.1) is 0 Å². The maximum atomic E-state index is 9.11. The van der Waals surface area contributed by atoms with E-state index in [1.807, 2.05) is 6.92 Å². The maximum Gasteiger partial charge on any atom is 0.0720 e. The van der Waals surface area contributed by atoms with Crippen molar-refractivity contribution in [1.29, 1.82) is 0 Å². The number of hydrogen-bond donors (Lipinski definition) is 2. The average Bonchev–Trinajstić information content (AvgIpc) is 1.89. The molecule has 60 valence electrons. The van der Waals surface area contributed by atoms with Crippen LogP contribution in [0.4, 0.5) is 0 Å². The lowest BCUT2D eigenvalue weighted by Crippen LogP contribution is -2.00. The molecule has 0 aromatic heterocycles. The summed E-state index contributed by atoms with van der Waals surface area (Å²) in [5, 5.41) is 17.5. The molecule has 0 aliphatic carbocycles. The van der Waals surface area contributed by atoms with Crippen LogP contribution in [0, 0.1) is 0 Å². The summed E-state index contributed by atoms with van der Waals surface area (Å²) in [6.07, 6.45) is 5.66. The van der Waals surface area contributed by atoms with Gasteiger partial charge in [-0.1, -0.05) is 25.5 Å². The predicted molar refractivity (Wildman–Crippen MR) is 41.8 cm³/mol. The number of aliphatic hydroxyl groups excluding tert-OH is 2. The Morgan fingerprint density at radius 1 is 1.50 bits per heavy atom. The molecule has 0 bridgehead atoms. The monoisotopic (exact) mass is 144 g/mol. The van der Waals surface area contributed by atoms with Gasteiger partial charge in [0.15, 0.2) is 0 Å². The lowest BCUT2D eigenvalue weighted by molar-refractivity contribution is 0.211. The van der Waals surface area contributed by atoms with E-state index in [9.17, 15) is 0 Å². The van der Waals surface area contributed by atoms with Crippen molar-refractivity contribution in [2.24, 2.45) is 0 Å². The van der Waals surface area contributed by atoms with Crippen LogP contribution < -0.4 is 0 Å². The van der Waals surface area contributed by atoms with Crippen molar-refractivity contribution >= 4 is 0 Å². The second kappa shape index (κ2) is 6.78. The molecule has 10 heavy (non-hydrogen) atoms. The summed E-state index contributed by atoms with van der Waals surface area (Å²) in [6.45, 7) is 2.19. The highest BCUT2D eigenvalue weighted by atomic mass is 16.3. The zero-order valence-corrected chi connectivity index (χ0v) is 6.45. The van der Waals surface area contributed by atoms with Crippen molar-refractivity contribution in [3.63, 3.8) is 0 Å². The summed E-state index contributed by atoms with van der Waals surface area (Å²) in [5.74, 6) is 0. The largest absolute Gasteiger partial charge is 0.396 e. The molecule has 0 rings (SSSR count). The molecular weight excluding hydrogens is 128 g/mol. The highest BCUT2D eigenvalue weighted by molar-refractivity contribution is 4.87. The molecule has 0 amide bonds. The summed E-state index contributed by atoms with van der Waals surface area (Å²) in [4.78, 5) is 0. The van der Waals surface area contributed by atoms with E-state index in [0.717, 1.165) is 12.8 Å². The Kier molecular flexibility index (Phi) is 6.55. The van der Waals surface area contributed by atoms with Gasteiger partial charge in [0, 0.05) is 6.61 Å². The van der Waals surface area contributed by atoms with Gasteiger partial charge in [-0.05, 0) is 12.8 Å². The van der Waals surface area contributed by atoms with Crippen LogP contribution in [0.3, 0.4) is 0 Å². The van der Waals surface area contributed by atoms with Crippen LogP contribution in [0.1, 0.15) is 26.2 Å². The van der Waals surface area contributed by atoms with Gasteiger partial charge in [-0.3, -0.25) is 0 Å². The molecular formula is C8H16O2. The number of hydrogen-bond acceptors (Lipinski definition) is 2. The molecule has 2 nitrogen and oxygen atoms in total. The molecule has 0 aliphatic heterocycles. The van der Waals surface area contributed by atoms with Gasteiger partial charge in [-0.2, -0.15) is 0 Å². The first-order chi connectivity index (χ1) is 4.81. The van der Waals surface area contributed by atoms with Gasteiger partial charge in [0.05, 0.1) is 6.10 Å². The normalized spacial score (nSPS) is 14.3. The third-order valence-electron chi connectivity index (χ3n) is 1.24. The molecule has 0 heterocycles. The third kappa shape index (κ3) is 5.79. The van der Waals surface area contributed by atoms with E-state index in [1.165, 1.54) is 0 Å². The van der Waals surface area contributed by atoms with Crippen LogP contribution in [0.2, 0.25) is 0 Å². The highest BCUT2D eigenvalue weighted by Gasteiger charge is 1.93. The standard InChI is InChI=1S/C8H16O2/c1-2-5-8(10)6-3-4-7-9/h3,6,8-10H,2,4-5,7H2,1H3/b6-3+. The molecule has 0 aromatic rings. The fraction of sp³-hybridized carbons (Fsp3) is 0.750. The van der Waals surface area contributed by atoms with E-state index in [2.05, 4.69) is 0 Å². The highest BCUT2D eigenvalue weighted by Crippen LogP contribution is 1.97. The molecule has 0 aromatic carbocycles. The summed E-state index contributed by atoms with van der Waals surface area (Å²) in [6, 6.07) is 0. The van der Waals surface area contributed by atoms with E-state index in [1.54, 1.807) is 12.2 Å². The van der Waals surface area contributed by atoms with Crippen molar-refractivity contribution in [2.75, 3.05) is 6.61 Å². The van der Waals surface area contributed by atoms with Gasteiger partial charge in [0.25, 0.3) is 0 Å². The molecule has 1 atom stereocenters. The molecule has 2 heteroatoms. The Labute approximate surface area is 62.2 Å². The second-order valence-electron chi connectivity index (χ2n) is 2.30. The Hall–Kier alpha value is -0.340. The Balaban J connectivity index is 3.26. The fourth-order valence-corrected chi connectivity index (χ4v) is 0.720. The molecule has 0 saturated heterocycles. The zero-order chi connectivity index (χ0) is 7.82. The molecule has 0 fully saturated rings. The minimum absolute atomic E-state index is 0.162. The van der Waals surface area contributed by atoms with Crippen molar-refractivity contribution < 1.29 is 10.2 Å². The minimum Gasteiger partial charge on any atom is -0.396 e. The van der Waals surface area contributed by atoms with E-state index in [4.69, 9.17) is 10.2 Å². The van der Waals surface area contributed by atoms with E-state index < -0.39 is 0 Å². The molecule has 1 unspecified atom stereocenters. The summed E-state index contributed by atoms with van der Waals surface area (Å²) >= 11 is 0. The van der Waals surface area contributed by atoms with Gasteiger partial charge < -0.3 is 10.2 Å². The zero-order valence-electron chi connectivity index (χ0n) is 6.45.